The minimum Gasteiger partial charge on any atom is -0.326 e. The quantitative estimate of drug-likeness (QED) is 0.855. The van der Waals surface area contributed by atoms with Crippen molar-refractivity contribution < 1.29 is 13.2 Å². The number of carbonyl (C=O) groups excluding carboxylic acids is 1. The highest BCUT2D eigenvalue weighted by atomic mass is 79.9. The second kappa shape index (κ2) is 6.24. The van der Waals surface area contributed by atoms with Gasteiger partial charge in [0.1, 0.15) is 0 Å². The standard InChI is InChI=1S/C13H17BrN2O3S/c1-9-6-10(2-3-12(9)14)16-13(17)7-11-8-20(18,19)5-4-15-11/h2-3,6,11,15H,4-5,7-8H2,1H3,(H,16,17). The van der Waals surface area contributed by atoms with E-state index < -0.39 is 9.84 Å². The van der Waals surface area contributed by atoms with Gasteiger partial charge in [-0.3, -0.25) is 4.79 Å². The third-order valence-corrected chi connectivity index (χ3v) is 5.80. The normalized spacial score (nSPS) is 21.4. The SMILES string of the molecule is Cc1cc(NC(=O)CC2CS(=O)(=O)CCN2)ccc1Br. The van der Waals surface area contributed by atoms with Gasteiger partial charge in [0.05, 0.1) is 11.5 Å². The van der Waals surface area contributed by atoms with E-state index in [-0.39, 0.29) is 29.9 Å². The maximum absolute atomic E-state index is 11.9. The smallest absolute Gasteiger partial charge is 0.225 e. The monoisotopic (exact) mass is 360 g/mol. The van der Waals surface area contributed by atoms with Crippen LogP contribution in [0.2, 0.25) is 0 Å². The molecule has 0 radical (unpaired) electrons. The number of nitrogens with one attached hydrogen (secondary N) is 2. The number of sulfone groups is 1. The molecular weight excluding hydrogens is 344 g/mol. The van der Waals surface area contributed by atoms with Crippen LogP contribution in [0.15, 0.2) is 22.7 Å². The zero-order valence-electron chi connectivity index (χ0n) is 11.1. The van der Waals surface area contributed by atoms with Crippen molar-refractivity contribution in [3.63, 3.8) is 0 Å². The molecule has 1 fully saturated rings. The average molecular weight is 361 g/mol. The summed E-state index contributed by atoms with van der Waals surface area (Å²) in [7, 11) is -3.01. The number of aryl methyl sites for hydroxylation is 1. The zero-order valence-corrected chi connectivity index (χ0v) is 13.6. The number of anilines is 1. The molecule has 2 rings (SSSR count). The Morgan fingerprint density at radius 1 is 1.50 bits per heavy atom. The van der Waals surface area contributed by atoms with Crippen molar-refractivity contribution in [3.05, 3.63) is 28.2 Å². The Balaban J connectivity index is 1.93. The van der Waals surface area contributed by atoms with Crippen molar-refractivity contribution in [2.45, 2.75) is 19.4 Å². The van der Waals surface area contributed by atoms with Gasteiger partial charge < -0.3 is 10.6 Å². The number of amides is 1. The van der Waals surface area contributed by atoms with Crippen LogP contribution in [0.3, 0.4) is 0 Å². The fraction of sp³-hybridized carbons (Fsp3) is 0.462. The summed E-state index contributed by atoms with van der Waals surface area (Å²) in [6, 6.07) is 5.24. The van der Waals surface area contributed by atoms with E-state index >= 15 is 0 Å². The van der Waals surface area contributed by atoms with Gasteiger partial charge in [0.2, 0.25) is 5.91 Å². The molecule has 0 saturated carbocycles. The second-order valence-corrected chi connectivity index (χ2v) is 8.06. The van der Waals surface area contributed by atoms with Gasteiger partial charge in [0.25, 0.3) is 0 Å². The fourth-order valence-electron chi connectivity index (χ4n) is 2.16. The molecule has 1 atom stereocenters. The van der Waals surface area contributed by atoms with E-state index in [9.17, 15) is 13.2 Å². The van der Waals surface area contributed by atoms with Crippen LogP contribution in [0.1, 0.15) is 12.0 Å². The lowest BCUT2D eigenvalue weighted by Gasteiger charge is -2.23. The van der Waals surface area contributed by atoms with E-state index in [1.54, 1.807) is 6.07 Å². The topological polar surface area (TPSA) is 75.3 Å². The highest BCUT2D eigenvalue weighted by Crippen LogP contribution is 2.20. The molecule has 7 heteroatoms. The molecule has 2 N–H and O–H groups in total. The summed E-state index contributed by atoms with van der Waals surface area (Å²) in [4.78, 5) is 11.9. The number of hydrogen-bond acceptors (Lipinski definition) is 4. The van der Waals surface area contributed by atoms with Crippen LogP contribution >= 0.6 is 15.9 Å². The van der Waals surface area contributed by atoms with Gasteiger partial charge in [0, 0.05) is 29.2 Å². The molecule has 0 aromatic heterocycles. The van der Waals surface area contributed by atoms with Crippen LogP contribution in [0.25, 0.3) is 0 Å². The average Bonchev–Trinajstić information content (AvgIpc) is 2.32. The lowest BCUT2D eigenvalue weighted by molar-refractivity contribution is -0.116. The highest BCUT2D eigenvalue weighted by Gasteiger charge is 2.25. The number of hydrogen-bond donors (Lipinski definition) is 2. The Kier molecular flexibility index (Phi) is 4.82. The Morgan fingerprint density at radius 3 is 2.90 bits per heavy atom. The second-order valence-electron chi connectivity index (χ2n) is 4.98. The Bertz CT molecular complexity index is 616. The first-order valence-electron chi connectivity index (χ1n) is 6.35. The minimum atomic E-state index is -3.01. The maximum Gasteiger partial charge on any atom is 0.225 e. The molecule has 0 bridgehead atoms. The summed E-state index contributed by atoms with van der Waals surface area (Å²) in [6.07, 6.45) is 0.161. The molecule has 1 saturated heterocycles. The number of carbonyl (C=O) groups is 1. The van der Waals surface area contributed by atoms with E-state index in [0.717, 1.165) is 15.7 Å². The molecule has 110 valence electrons. The van der Waals surface area contributed by atoms with E-state index in [4.69, 9.17) is 0 Å². The molecular formula is C13H17BrN2O3S. The minimum absolute atomic E-state index is 0.0276. The van der Waals surface area contributed by atoms with Gasteiger partial charge in [0.15, 0.2) is 9.84 Å². The first kappa shape index (κ1) is 15.5. The van der Waals surface area contributed by atoms with Crippen LogP contribution in [-0.4, -0.2) is 38.4 Å². The van der Waals surface area contributed by atoms with Crippen molar-refractivity contribution >= 4 is 37.4 Å². The van der Waals surface area contributed by atoms with Crippen LogP contribution in [0, 0.1) is 6.92 Å². The van der Waals surface area contributed by atoms with Gasteiger partial charge in [-0.15, -0.1) is 0 Å². The van der Waals surface area contributed by atoms with Gasteiger partial charge in [-0.1, -0.05) is 15.9 Å². The van der Waals surface area contributed by atoms with Crippen molar-refractivity contribution in [2.24, 2.45) is 0 Å². The van der Waals surface area contributed by atoms with Gasteiger partial charge >= 0.3 is 0 Å². The molecule has 1 amide bonds. The van der Waals surface area contributed by atoms with Crippen LogP contribution < -0.4 is 10.6 Å². The third-order valence-electron chi connectivity index (χ3n) is 3.17. The Labute approximate surface area is 127 Å². The summed E-state index contributed by atoms with van der Waals surface area (Å²) in [5.41, 5.74) is 1.75. The molecule has 1 aliphatic heterocycles. The van der Waals surface area contributed by atoms with E-state index in [2.05, 4.69) is 26.6 Å². The van der Waals surface area contributed by atoms with Crippen molar-refractivity contribution in [3.8, 4) is 0 Å². The summed E-state index contributed by atoms with van der Waals surface area (Å²) >= 11 is 3.40. The van der Waals surface area contributed by atoms with E-state index in [1.165, 1.54) is 0 Å². The predicted octanol–water partition coefficient (Wildman–Crippen LogP) is 1.47. The Morgan fingerprint density at radius 2 is 2.25 bits per heavy atom. The van der Waals surface area contributed by atoms with Crippen molar-refractivity contribution in [1.82, 2.24) is 5.32 Å². The maximum atomic E-state index is 11.9. The van der Waals surface area contributed by atoms with Gasteiger partial charge in [-0.25, -0.2) is 8.42 Å². The highest BCUT2D eigenvalue weighted by molar-refractivity contribution is 9.10. The van der Waals surface area contributed by atoms with E-state index in [0.29, 0.717) is 6.54 Å². The Hall–Kier alpha value is -0.920. The lowest BCUT2D eigenvalue weighted by Crippen LogP contribution is -2.46. The summed E-state index contributed by atoms with van der Waals surface area (Å²) in [5, 5.41) is 5.85. The molecule has 1 heterocycles. The summed E-state index contributed by atoms with van der Waals surface area (Å²) in [5.74, 6) is -0.00194. The van der Waals surface area contributed by atoms with Gasteiger partial charge in [-0.2, -0.15) is 0 Å². The van der Waals surface area contributed by atoms with Crippen molar-refractivity contribution in [1.29, 1.82) is 0 Å². The molecule has 1 aromatic rings. The largest absolute Gasteiger partial charge is 0.326 e. The lowest BCUT2D eigenvalue weighted by atomic mass is 10.2. The van der Waals surface area contributed by atoms with Crippen LogP contribution in [0.4, 0.5) is 5.69 Å². The molecule has 0 aliphatic carbocycles. The first-order valence-corrected chi connectivity index (χ1v) is 8.97. The van der Waals surface area contributed by atoms with Crippen LogP contribution in [0.5, 0.6) is 0 Å². The zero-order chi connectivity index (χ0) is 14.8. The first-order chi connectivity index (χ1) is 9.35. The predicted molar refractivity (Wildman–Crippen MR) is 82.6 cm³/mol. The molecule has 1 aliphatic rings. The van der Waals surface area contributed by atoms with Gasteiger partial charge in [-0.05, 0) is 30.7 Å². The molecule has 1 unspecified atom stereocenters. The number of rotatable bonds is 3. The summed E-state index contributed by atoms with van der Waals surface area (Å²) < 4.78 is 24.0. The third kappa shape index (κ3) is 4.29. The summed E-state index contributed by atoms with van der Waals surface area (Å²) in [6.45, 7) is 2.35. The molecule has 20 heavy (non-hydrogen) atoms. The van der Waals surface area contributed by atoms with Crippen LogP contribution in [-0.2, 0) is 14.6 Å². The number of benzene rings is 1. The fourth-order valence-corrected chi connectivity index (χ4v) is 3.85. The number of halogens is 1. The molecule has 5 nitrogen and oxygen atoms in total. The molecule has 1 aromatic carbocycles. The molecule has 0 spiro atoms. The van der Waals surface area contributed by atoms with E-state index in [1.807, 2.05) is 19.1 Å². The van der Waals surface area contributed by atoms with Crippen molar-refractivity contribution in [2.75, 3.05) is 23.4 Å².